The monoisotopic (exact) mass is 275 g/mol. The first-order valence-corrected chi connectivity index (χ1v) is 6.08. The molecule has 0 saturated heterocycles. The van der Waals surface area contributed by atoms with Crippen LogP contribution < -0.4 is 5.32 Å². The average Bonchev–Trinajstić information content (AvgIpc) is 2.84. The molecule has 0 aliphatic rings. The lowest BCUT2D eigenvalue weighted by Crippen LogP contribution is -2.03. The maximum atomic E-state index is 13.8. The number of hydrogen-bond acceptors (Lipinski definition) is 4. The topological polar surface area (TPSA) is 55.6 Å². The molecule has 0 unspecified atom stereocenters. The number of rotatable bonds is 3. The van der Waals surface area contributed by atoms with E-state index in [1.165, 1.54) is 23.1 Å². The lowest BCUT2D eigenvalue weighted by atomic mass is 10.3. The Labute approximate surface area is 113 Å². The number of nitrogens with zero attached hydrogens (tertiary/aromatic N) is 4. The molecule has 0 amide bonds. The molecule has 1 aromatic carbocycles. The minimum atomic E-state index is -0.696. The van der Waals surface area contributed by atoms with E-state index in [0.717, 1.165) is 6.07 Å². The molecule has 0 radical (unpaired) electrons. The predicted molar refractivity (Wildman–Crippen MR) is 70.7 cm³/mol. The number of hydrogen-bond donors (Lipinski definition) is 1. The molecule has 0 bridgehead atoms. The number of benzene rings is 1. The van der Waals surface area contributed by atoms with Gasteiger partial charge in [-0.1, -0.05) is 0 Å². The molecule has 1 N–H and O–H groups in total. The fraction of sp³-hybridized carbons (Fsp3) is 0.154. The van der Waals surface area contributed by atoms with Crippen molar-refractivity contribution >= 4 is 16.9 Å². The van der Waals surface area contributed by atoms with Crippen LogP contribution in [0.25, 0.3) is 16.7 Å². The van der Waals surface area contributed by atoms with Crippen LogP contribution in [0.1, 0.15) is 6.92 Å². The van der Waals surface area contributed by atoms with Crippen molar-refractivity contribution in [1.29, 1.82) is 0 Å². The van der Waals surface area contributed by atoms with E-state index in [-0.39, 0.29) is 5.69 Å². The summed E-state index contributed by atoms with van der Waals surface area (Å²) in [7, 11) is 0. The second-order valence-electron chi connectivity index (χ2n) is 4.14. The second kappa shape index (κ2) is 4.84. The van der Waals surface area contributed by atoms with Gasteiger partial charge in [0.25, 0.3) is 0 Å². The van der Waals surface area contributed by atoms with Gasteiger partial charge in [0.2, 0.25) is 0 Å². The van der Waals surface area contributed by atoms with E-state index < -0.39 is 11.6 Å². The van der Waals surface area contributed by atoms with Gasteiger partial charge in [-0.2, -0.15) is 5.10 Å². The second-order valence-corrected chi connectivity index (χ2v) is 4.14. The van der Waals surface area contributed by atoms with Crippen molar-refractivity contribution in [1.82, 2.24) is 19.7 Å². The van der Waals surface area contributed by atoms with E-state index in [1.807, 2.05) is 6.92 Å². The van der Waals surface area contributed by atoms with Crippen molar-refractivity contribution in [3.63, 3.8) is 0 Å². The molecular weight excluding hydrogens is 264 g/mol. The summed E-state index contributed by atoms with van der Waals surface area (Å²) in [6.45, 7) is 2.64. The summed E-state index contributed by atoms with van der Waals surface area (Å²) in [5.41, 5.74) is 0.601. The fourth-order valence-corrected chi connectivity index (χ4v) is 1.98. The fourth-order valence-electron chi connectivity index (χ4n) is 1.98. The lowest BCUT2D eigenvalue weighted by Gasteiger charge is -2.05. The smallest absolute Gasteiger partial charge is 0.168 e. The Morgan fingerprint density at radius 2 is 2.10 bits per heavy atom. The summed E-state index contributed by atoms with van der Waals surface area (Å²) in [5.74, 6) is -0.699. The SMILES string of the molecule is CCNc1ncnc2c1cnn2-c1ccc(F)cc1F. The molecule has 0 fully saturated rings. The quantitative estimate of drug-likeness (QED) is 0.798. The van der Waals surface area contributed by atoms with Gasteiger partial charge in [-0.3, -0.25) is 0 Å². The molecule has 5 nitrogen and oxygen atoms in total. The van der Waals surface area contributed by atoms with Gasteiger partial charge in [0.15, 0.2) is 11.5 Å². The Morgan fingerprint density at radius 3 is 2.85 bits per heavy atom. The van der Waals surface area contributed by atoms with Crippen LogP contribution in [0.2, 0.25) is 0 Å². The molecule has 3 aromatic rings. The third-order valence-corrected chi connectivity index (χ3v) is 2.85. The van der Waals surface area contributed by atoms with E-state index in [1.54, 1.807) is 6.20 Å². The summed E-state index contributed by atoms with van der Waals surface area (Å²) in [6.07, 6.45) is 2.93. The summed E-state index contributed by atoms with van der Waals surface area (Å²) < 4.78 is 28.1. The van der Waals surface area contributed by atoms with Crippen LogP contribution >= 0.6 is 0 Å². The zero-order valence-corrected chi connectivity index (χ0v) is 10.6. The van der Waals surface area contributed by atoms with E-state index in [9.17, 15) is 8.78 Å². The molecule has 0 spiro atoms. The summed E-state index contributed by atoms with van der Waals surface area (Å²) in [4.78, 5) is 8.22. The molecule has 0 aliphatic heterocycles. The van der Waals surface area contributed by atoms with Gasteiger partial charge < -0.3 is 5.32 Å². The minimum absolute atomic E-state index is 0.141. The number of fused-ring (bicyclic) bond motifs is 1. The van der Waals surface area contributed by atoms with Crippen LogP contribution in [-0.4, -0.2) is 26.3 Å². The van der Waals surface area contributed by atoms with E-state index in [0.29, 0.717) is 23.4 Å². The molecule has 2 aromatic heterocycles. The standard InChI is InChI=1S/C13H11F2N5/c1-2-16-12-9-6-19-20(13(9)18-7-17-12)11-4-3-8(14)5-10(11)15/h3-7H,2H2,1H3,(H,16,17,18). The van der Waals surface area contributed by atoms with Gasteiger partial charge in [0, 0.05) is 12.6 Å². The number of anilines is 1. The molecule has 0 atom stereocenters. The minimum Gasteiger partial charge on any atom is -0.370 e. The van der Waals surface area contributed by atoms with Crippen molar-refractivity contribution < 1.29 is 8.78 Å². The van der Waals surface area contributed by atoms with Crippen molar-refractivity contribution in [3.8, 4) is 5.69 Å². The van der Waals surface area contributed by atoms with Crippen molar-refractivity contribution in [2.75, 3.05) is 11.9 Å². The average molecular weight is 275 g/mol. The van der Waals surface area contributed by atoms with Gasteiger partial charge >= 0.3 is 0 Å². The summed E-state index contributed by atoms with van der Waals surface area (Å²) in [6, 6.07) is 3.32. The first-order chi connectivity index (χ1) is 9.70. The Balaban J connectivity index is 2.20. The highest BCUT2D eigenvalue weighted by atomic mass is 19.1. The molecule has 7 heteroatoms. The van der Waals surface area contributed by atoms with Crippen LogP contribution in [0.5, 0.6) is 0 Å². The molecule has 2 heterocycles. The molecule has 3 rings (SSSR count). The van der Waals surface area contributed by atoms with Gasteiger partial charge in [0.05, 0.1) is 11.6 Å². The van der Waals surface area contributed by atoms with Crippen molar-refractivity contribution in [2.24, 2.45) is 0 Å². The largest absolute Gasteiger partial charge is 0.370 e. The third kappa shape index (κ3) is 1.97. The highest BCUT2D eigenvalue weighted by Gasteiger charge is 2.13. The van der Waals surface area contributed by atoms with Crippen LogP contribution in [0, 0.1) is 11.6 Å². The Morgan fingerprint density at radius 1 is 1.25 bits per heavy atom. The first kappa shape index (κ1) is 12.5. The zero-order chi connectivity index (χ0) is 14.1. The van der Waals surface area contributed by atoms with Crippen LogP contribution in [0.3, 0.4) is 0 Å². The summed E-state index contributed by atoms with van der Waals surface area (Å²) in [5, 5.41) is 7.87. The van der Waals surface area contributed by atoms with E-state index in [4.69, 9.17) is 0 Å². The van der Waals surface area contributed by atoms with Crippen LogP contribution in [0.15, 0.2) is 30.7 Å². The third-order valence-electron chi connectivity index (χ3n) is 2.85. The lowest BCUT2D eigenvalue weighted by molar-refractivity contribution is 0.574. The highest BCUT2D eigenvalue weighted by molar-refractivity contribution is 5.87. The number of aromatic nitrogens is 4. The normalized spacial score (nSPS) is 10.9. The van der Waals surface area contributed by atoms with E-state index in [2.05, 4.69) is 20.4 Å². The maximum Gasteiger partial charge on any atom is 0.168 e. The van der Waals surface area contributed by atoms with Crippen LogP contribution in [0.4, 0.5) is 14.6 Å². The van der Waals surface area contributed by atoms with Crippen LogP contribution in [-0.2, 0) is 0 Å². The summed E-state index contributed by atoms with van der Waals surface area (Å²) >= 11 is 0. The Bertz CT molecular complexity index is 769. The molecule has 0 saturated carbocycles. The van der Waals surface area contributed by atoms with Gasteiger partial charge in [-0.25, -0.2) is 23.4 Å². The Kier molecular flexibility index (Phi) is 3.02. The first-order valence-electron chi connectivity index (χ1n) is 6.08. The molecule has 102 valence electrons. The Hall–Kier alpha value is -2.57. The molecule has 20 heavy (non-hydrogen) atoms. The number of nitrogens with one attached hydrogen (secondary N) is 1. The zero-order valence-electron chi connectivity index (χ0n) is 10.6. The highest BCUT2D eigenvalue weighted by Crippen LogP contribution is 2.23. The maximum absolute atomic E-state index is 13.8. The van der Waals surface area contributed by atoms with Crippen molar-refractivity contribution in [3.05, 3.63) is 42.4 Å². The van der Waals surface area contributed by atoms with E-state index >= 15 is 0 Å². The van der Waals surface area contributed by atoms with Gasteiger partial charge in [-0.15, -0.1) is 0 Å². The number of halogens is 2. The van der Waals surface area contributed by atoms with Gasteiger partial charge in [-0.05, 0) is 19.1 Å². The molecular formula is C13H11F2N5. The molecule has 0 aliphatic carbocycles. The van der Waals surface area contributed by atoms with Gasteiger partial charge in [0.1, 0.15) is 23.6 Å². The van der Waals surface area contributed by atoms with Crippen molar-refractivity contribution in [2.45, 2.75) is 6.92 Å². The predicted octanol–water partition coefficient (Wildman–Crippen LogP) is 2.53.